The van der Waals surface area contributed by atoms with E-state index in [1.165, 1.54) is 24.0 Å². The van der Waals surface area contributed by atoms with Gasteiger partial charge in [0, 0.05) is 61.3 Å². The number of fused-ring (bicyclic) bond motifs is 2. The largest absolute Gasteiger partial charge is 0.399 e. The maximum Gasteiger partial charge on any atom is 0.399 e. The minimum Gasteiger partial charge on any atom is -0.340 e. The Hall–Kier alpha value is -3.78. The summed E-state index contributed by atoms with van der Waals surface area (Å²) in [4.78, 5) is 81.9. The van der Waals surface area contributed by atoms with Crippen LogP contribution in [0.1, 0.15) is 59.8 Å². The Morgan fingerprint density at radius 3 is 2.60 bits per heavy atom. The fourth-order valence-corrected chi connectivity index (χ4v) is 8.49. The van der Waals surface area contributed by atoms with Gasteiger partial charge < -0.3 is 29.8 Å². The summed E-state index contributed by atoms with van der Waals surface area (Å²) in [5.41, 5.74) is -4.29. The van der Waals surface area contributed by atoms with E-state index in [-0.39, 0.29) is 40.7 Å². The lowest BCUT2D eigenvalue weighted by atomic mass is 10.0. The highest BCUT2D eigenvalue weighted by molar-refractivity contribution is 7.52. The molecule has 0 spiro atoms. The highest BCUT2D eigenvalue weighted by atomic mass is 32.1. The smallest absolute Gasteiger partial charge is 0.340 e. The van der Waals surface area contributed by atoms with Crippen molar-refractivity contribution in [3.63, 3.8) is 0 Å². The Morgan fingerprint density at radius 1 is 1.10 bits per heavy atom. The number of aromatic nitrogens is 1. The van der Waals surface area contributed by atoms with Crippen LogP contribution >= 0.6 is 18.9 Å². The van der Waals surface area contributed by atoms with Gasteiger partial charge in [-0.15, -0.1) is 11.3 Å². The highest BCUT2D eigenvalue weighted by Gasteiger charge is 2.51. The molecule has 4 amide bonds. The Labute approximate surface area is 279 Å². The molecule has 0 unspecified atom stereocenters. The molecule has 1 aromatic carbocycles. The average Bonchev–Trinajstić information content (AvgIpc) is 3.79. The second-order valence-electron chi connectivity index (χ2n) is 12.6. The highest BCUT2D eigenvalue weighted by Crippen LogP contribution is 2.59. The molecule has 0 bridgehead atoms. The van der Waals surface area contributed by atoms with E-state index in [2.05, 4.69) is 10.3 Å². The molecule has 3 aromatic rings. The molecule has 3 aliphatic heterocycles. The van der Waals surface area contributed by atoms with Crippen molar-refractivity contribution in [1.29, 1.82) is 0 Å². The first-order chi connectivity index (χ1) is 22.7. The number of likely N-dealkylation sites (tertiary alicyclic amines) is 1. The van der Waals surface area contributed by atoms with Gasteiger partial charge in [0.2, 0.25) is 17.7 Å². The number of rotatable bonds is 7. The van der Waals surface area contributed by atoms with E-state index in [1.54, 1.807) is 17.3 Å². The first kappa shape index (κ1) is 34.1. The molecule has 6 rings (SSSR count). The minimum atomic E-state index is -5.80. The van der Waals surface area contributed by atoms with Gasteiger partial charge in [-0.25, -0.2) is 0 Å². The zero-order chi connectivity index (χ0) is 34.4. The van der Waals surface area contributed by atoms with Crippen molar-refractivity contribution in [1.82, 2.24) is 25.0 Å². The van der Waals surface area contributed by atoms with Crippen molar-refractivity contribution in [2.45, 2.75) is 75.3 Å². The van der Waals surface area contributed by atoms with E-state index in [0.29, 0.717) is 43.5 Å². The number of halogens is 2. The fourth-order valence-electron chi connectivity index (χ4n) is 7.07. The standard InChI is InChI=1S/C32H36F2N5O7PS/c1-19(40)37-13-10-23-7-8-26(31(43)38-12-3-5-24(38)14-20-4-2-11-35-17-20)39(23)30(42)25(18-37)36-29(41)28-16-21-15-22(6-9-27(21)48-28)32(33,34)47(44,45)46/h2,4,6,9,11,15-17,23-26H,3,5,7-8,10,12-14,18H2,1H3,(H,36,41)(H2,44,45,46)/t23-,24+,25+,26+/m1/s1. The molecule has 12 nitrogen and oxygen atoms in total. The maximum atomic E-state index is 14.4. The van der Waals surface area contributed by atoms with Crippen molar-refractivity contribution in [2.24, 2.45) is 0 Å². The second-order valence-corrected chi connectivity index (χ2v) is 15.3. The van der Waals surface area contributed by atoms with E-state index in [4.69, 9.17) is 9.79 Å². The third kappa shape index (κ3) is 6.60. The van der Waals surface area contributed by atoms with Crippen molar-refractivity contribution in [3.05, 3.63) is 64.8 Å². The number of amides is 4. The van der Waals surface area contributed by atoms with E-state index >= 15 is 0 Å². The van der Waals surface area contributed by atoms with Gasteiger partial charge in [-0.3, -0.25) is 28.7 Å². The maximum absolute atomic E-state index is 14.4. The van der Waals surface area contributed by atoms with Gasteiger partial charge in [0.1, 0.15) is 12.1 Å². The Bertz CT molecular complexity index is 1790. The third-order valence-corrected chi connectivity index (χ3v) is 11.6. The third-order valence-electron chi connectivity index (χ3n) is 9.53. The molecule has 0 aliphatic carbocycles. The topological polar surface area (TPSA) is 160 Å². The molecule has 3 N–H and O–H groups in total. The summed E-state index contributed by atoms with van der Waals surface area (Å²) in [6, 6.07) is 6.00. The molecule has 16 heteroatoms. The van der Waals surface area contributed by atoms with Gasteiger partial charge >= 0.3 is 13.3 Å². The van der Waals surface area contributed by atoms with Gasteiger partial charge in [0.25, 0.3) is 5.91 Å². The van der Waals surface area contributed by atoms with Crippen LogP contribution in [0.3, 0.4) is 0 Å². The van der Waals surface area contributed by atoms with Gasteiger partial charge in [0.05, 0.1) is 4.88 Å². The summed E-state index contributed by atoms with van der Waals surface area (Å²) in [7, 11) is -5.80. The molecule has 5 heterocycles. The molecule has 256 valence electrons. The van der Waals surface area contributed by atoms with Gasteiger partial charge in [0.15, 0.2) is 0 Å². The quantitative estimate of drug-likeness (QED) is 0.316. The van der Waals surface area contributed by atoms with Crippen molar-refractivity contribution in [3.8, 4) is 0 Å². The molecule has 0 saturated carbocycles. The van der Waals surface area contributed by atoms with Gasteiger partial charge in [-0.05, 0) is 73.7 Å². The number of carbonyl (C=O) groups excluding carboxylic acids is 4. The summed E-state index contributed by atoms with van der Waals surface area (Å²) in [5, 5.41) is 2.90. The molecule has 2 aromatic heterocycles. The molecule has 4 atom stereocenters. The average molecular weight is 704 g/mol. The lowest BCUT2D eigenvalue weighted by molar-refractivity contribution is -0.149. The number of alkyl halides is 2. The molecule has 0 radical (unpaired) electrons. The van der Waals surface area contributed by atoms with Crippen LogP contribution in [0.2, 0.25) is 0 Å². The second kappa shape index (κ2) is 13.3. The van der Waals surface area contributed by atoms with E-state index in [0.717, 1.165) is 41.9 Å². The van der Waals surface area contributed by atoms with Crippen LogP contribution in [-0.2, 0) is 31.0 Å². The predicted octanol–water partition coefficient (Wildman–Crippen LogP) is 3.47. The van der Waals surface area contributed by atoms with E-state index in [9.17, 15) is 32.5 Å². The number of nitrogens with zero attached hydrogens (tertiary/aromatic N) is 4. The number of hydrogen-bond acceptors (Lipinski definition) is 7. The summed E-state index contributed by atoms with van der Waals surface area (Å²) in [5.74, 6) is -1.55. The van der Waals surface area contributed by atoms with Crippen LogP contribution in [-0.4, -0.2) is 96.9 Å². The van der Waals surface area contributed by atoms with Crippen LogP contribution in [0.25, 0.3) is 10.1 Å². The Kier molecular flexibility index (Phi) is 9.42. The number of benzene rings is 1. The van der Waals surface area contributed by atoms with Crippen LogP contribution < -0.4 is 5.32 Å². The lowest BCUT2D eigenvalue weighted by Crippen LogP contribution is -2.61. The minimum absolute atomic E-state index is 0.0237. The summed E-state index contributed by atoms with van der Waals surface area (Å²) >= 11 is 0.959. The molecular formula is C32H36F2N5O7PS. The van der Waals surface area contributed by atoms with Crippen LogP contribution in [0.15, 0.2) is 48.8 Å². The summed E-state index contributed by atoms with van der Waals surface area (Å²) < 4.78 is 40.5. The van der Waals surface area contributed by atoms with E-state index in [1.807, 2.05) is 17.0 Å². The monoisotopic (exact) mass is 703 g/mol. The Morgan fingerprint density at radius 2 is 1.90 bits per heavy atom. The number of hydrogen-bond donors (Lipinski definition) is 3. The van der Waals surface area contributed by atoms with Crippen LogP contribution in [0.5, 0.6) is 0 Å². The fraction of sp³-hybridized carbons (Fsp3) is 0.469. The molecule has 3 saturated heterocycles. The number of nitrogens with one attached hydrogen (secondary N) is 1. The number of carbonyl (C=O) groups is 4. The van der Waals surface area contributed by atoms with Crippen molar-refractivity contribution < 1.29 is 42.3 Å². The SMILES string of the molecule is CC(=O)N1CC[C@H]2CC[C@@H](C(=O)N3CCC[C@H]3Cc3cccnc3)N2C(=O)[C@@H](NC(=O)c2cc3cc(C(F)(F)P(=O)(O)O)ccc3s2)C1. The van der Waals surface area contributed by atoms with Gasteiger partial charge in [-0.2, -0.15) is 8.78 Å². The zero-order valence-electron chi connectivity index (χ0n) is 26.1. The molecule has 3 fully saturated rings. The number of thiophene rings is 1. The van der Waals surface area contributed by atoms with Crippen LogP contribution in [0.4, 0.5) is 8.78 Å². The van der Waals surface area contributed by atoms with Crippen LogP contribution in [0, 0.1) is 0 Å². The summed E-state index contributed by atoms with van der Waals surface area (Å²) in [6.07, 6.45) is 7.36. The molecular weight excluding hydrogens is 667 g/mol. The number of pyridine rings is 1. The first-order valence-electron chi connectivity index (χ1n) is 15.8. The zero-order valence-corrected chi connectivity index (χ0v) is 27.8. The van der Waals surface area contributed by atoms with Crippen molar-refractivity contribution in [2.75, 3.05) is 19.6 Å². The Balaban J connectivity index is 1.24. The molecule has 3 aliphatic rings. The van der Waals surface area contributed by atoms with Gasteiger partial charge in [-0.1, -0.05) is 12.1 Å². The normalized spacial score (nSPS) is 23.6. The lowest BCUT2D eigenvalue weighted by Gasteiger charge is -2.39. The molecule has 48 heavy (non-hydrogen) atoms. The first-order valence-corrected chi connectivity index (χ1v) is 18.2. The van der Waals surface area contributed by atoms with E-state index < -0.39 is 42.7 Å². The van der Waals surface area contributed by atoms with Crippen molar-refractivity contribution >= 4 is 52.6 Å². The summed E-state index contributed by atoms with van der Waals surface area (Å²) in [6.45, 7) is 2.19. The predicted molar refractivity (Wildman–Crippen MR) is 172 cm³/mol.